The highest BCUT2D eigenvalue weighted by atomic mass is 16.3. The van der Waals surface area contributed by atoms with Gasteiger partial charge in [0.2, 0.25) is 0 Å². The summed E-state index contributed by atoms with van der Waals surface area (Å²) in [6.07, 6.45) is 0. The van der Waals surface area contributed by atoms with Crippen molar-refractivity contribution in [3.63, 3.8) is 0 Å². The molecule has 9 heteroatoms. The monoisotopic (exact) mass is 448 g/mol. The maximum absolute atomic E-state index is 12.1. The Kier molecular flexibility index (Phi) is 6.43. The van der Waals surface area contributed by atoms with E-state index in [2.05, 4.69) is 19.8 Å². The lowest BCUT2D eigenvalue weighted by Gasteiger charge is -2.35. The normalized spacial score (nSPS) is 14.4. The van der Waals surface area contributed by atoms with Gasteiger partial charge in [0.15, 0.2) is 11.5 Å². The fourth-order valence-corrected chi connectivity index (χ4v) is 4.05. The van der Waals surface area contributed by atoms with E-state index in [0.29, 0.717) is 23.6 Å². The molecule has 1 amide bonds. The number of anilines is 2. The number of amides is 1. The summed E-state index contributed by atoms with van der Waals surface area (Å²) in [7, 11) is 0. The van der Waals surface area contributed by atoms with Gasteiger partial charge in [-0.2, -0.15) is 0 Å². The number of rotatable bonds is 6. The third-order valence-electron chi connectivity index (χ3n) is 5.93. The van der Waals surface area contributed by atoms with Crippen molar-refractivity contribution < 1.29 is 15.0 Å². The van der Waals surface area contributed by atoms with Crippen LogP contribution < -0.4 is 16.4 Å². The molecule has 1 aromatic heterocycles. The van der Waals surface area contributed by atoms with Gasteiger partial charge in [0, 0.05) is 49.5 Å². The number of carbonyl (C=O) groups is 1. The molecule has 0 saturated carbocycles. The fourth-order valence-electron chi connectivity index (χ4n) is 4.05. The first-order valence-corrected chi connectivity index (χ1v) is 10.8. The molecule has 6 N–H and O–H groups in total. The average Bonchev–Trinajstić information content (AvgIpc) is 2.82. The molecule has 3 aromatic rings. The molecule has 1 aliphatic rings. The number of carbonyl (C=O) groups excluding carboxylic acids is 1. The number of aryl methyl sites for hydroxylation is 1. The van der Waals surface area contributed by atoms with E-state index in [1.165, 1.54) is 0 Å². The third kappa shape index (κ3) is 4.74. The third-order valence-corrected chi connectivity index (χ3v) is 5.93. The Labute approximate surface area is 192 Å². The number of primary amides is 1. The minimum absolute atomic E-state index is 0.0539. The number of nitrogens with two attached hydrogens (primary N) is 2. The summed E-state index contributed by atoms with van der Waals surface area (Å²) in [5, 5.41) is 19.1. The van der Waals surface area contributed by atoms with Crippen molar-refractivity contribution in [2.45, 2.75) is 6.92 Å². The SMILES string of the molecule is Cc1ccc(O)cc1-c1nc(-c2ccc(N3CCN(CCO)CC3)cc2)nc(C(N)=O)c1N. The second-order valence-corrected chi connectivity index (χ2v) is 8.12. The standard InChI is InChI=1S/C24H28N6O3/c1-15-2-7-18(32)14-19(15)21-20(25)22(23(26)33)28-24(27-21)16-3-5-17(6-4-16)30-10-8-29(9-11-30)12-13-31/h2-7,14,31-32H,8-13,25H2,1H3,(H2,26,33). The second-order valence-electron chi connectivity index (χ2n) is 8.12. The average molecular weight is 449 g/mol. The number of phenolic OH excluding ortho intramolecular Hbond substituents is 1. The van der Waals surface area contributed by atoms with Crippen LogP contribution in [0.3, 0.4) is 0 Å². The number of aliphatic hydroxyl groups is 1. The Balaban J connectivity index is 1.67. The van der Waals surface area contributed by atoms with Crippen molar-refractivity contribution >= 4 is 17.3 Å². The highest BCUT2D eigenvalue weighted by molar-refractivity contribution is 5.99. The lowest BCUT2D eigenvalue weighted by Crippen LogP contribution is -2.47. The highest BCUT2D eigenvalue weighted by Gasteiger charge is 2.20. The molecule has 0 aliphatic carbocycles. The van der Waals surface area contributed by atoms with Gasteiger partial charge in [-0.05, 0) is 48.9 Å². The number of aromatic hydroxyl groups is 1. The van der Waals surface area contributed by atoms with Crippen LogP contribution in [0.1, 0.15) is 16.1 Å². The van der Waals surface area contributed by atoms with Crippen LogP contribution in [0.4, 0.5) is 11.4 Å². The van der Waals surface area contributed by atoms with Crippen molar-refractivity contribution in [1.82, 2.24) is 14.9 Å². The van der Waals surface area contributed by atoms with Gasteiger partial charge in [-0.1, -0.05) is 6.07 Å². The molecule has 2 aromatic carbocycles. The Morgan fingerprint density at radius 3 is 2.39 bits per heavy atom. The van der Waals surface area contributed by atoms with Crippen molar-refractivity contribution in [2.75, 3.05) is 50.0 Å². The number of aromatic nitrogens is 2. The van der Waals surface area contributed by atoms with Crippen molar-refractivity contribution in [2.24, 2.45) is 5.73 Å². The van der Waals surface area contributed by atoms with Crippen LogP contribution in [0.25, 0.3) is 22.6 Å². The number of β-amino-alcohol motifs (C(OH)–C–C–N with tert-alkyl or cyclic N) is 1. The molecule has 2 heterocycles. The van der Waals surface area contributed by atoms with Gasteiger partial charge in [-0.3, -0.25) is 9.69 Å². The molecule has 1 aliphatic heterocycles. The summed E-state index contributed by atoms with van der Waals surface area (Å²) in [4.78, 5) is 25.5. The highest BCUT2D eigenvalue weighted by Crippen LogP contribution is 2.33. The van der Waals surface area contributed by atoms with Gasteiger partial charge in [0.25, 0.3) is 5.91 Å². The van der Waals surface area contributed by atoms with Gasteiger partial charge in [-0.15, -0.1) is 0 Å². The predicted octanol–water partition coefficient (Wildman–Crippen LogP) is 1.62. The minimum Gasteiger partial charge on any atom is -0.508 e. The summed E-state index contributed by atoms with van der Waals surface area (Å²) in [6, 6.07) is 12.7. The number of benzene rings is 2. The van der Waals surface area contributed by atoms with Crippen LogP contribution in [0.15, 0.2) is 42.5 Å². The Hall–Kier alpha value is -3.69. The summed E-state index contributed by atoms with van der Waals surface area (Å²) < 4.78 is 0. The maximum Gasteiger partial charge on any atom is 0.269 e. The second kappa shape index (κ2) is 9.43. The van der Waals surface area contributed by atoms with Gasteiger partial charge in [0.1, 0.15) is 5.75 Å². The predicted molar refractivity (Wildman–Crippen MR) is 128 cm³/mol. The molecule has 9 nitrogen and oxygen atoms in total. The summed E-state index contributed by atoms with van der Waals surface area (Å²) >= 11 is 0. The van der Waals surface area contributed by atoms with E-state index in [0.717, 1.165) is 43.0 Å². The number of nitrogen functional groups attached to an aromatic ring is 1. The van der Waals surface area contributed by atoms with E-state index in [4.69, 9.17) is 16.6 Å². The lowest BCUT2D eigenvalue weighted by molar-refractivity contribution is 0.0996. The van der Waals surface area contributed by atoms with Gasteiger partial charge in [-0.25, -0.2) is 9.97 Å². The summed E-state index contributed by atoms with van der Waals surface area (Å²) in [6.45, 7) is 6.30. The Morgan fingerprint density at radius 2 is 1.76 bits per heavy atom. The summed E-state index contributed by atoms with van der Waals surface area (Å²) in [5.74, 6) is -0.345. The number of nitrogens with zero attached hydrogens (tertiary/aromatic N) is 4. The molecule has 4 rings (SSSR count). The molecule has 0 bridgehead atoms. The molecule has 1 fully saturated rings. The molecule has 0 unspecified atom stereocenters. The smallest absolute Gasteiger partial charge is 0.269 e. The maximum atomic E-state index is 12.1. The van der Waals surface area contributed by atoms with Crippen LogP contribution in [0.2, 0.25) is 0 Å². The molecule has 0 radical (unpaired) electrons. The molecule has 0 spiro atoms. The Bertz CT molecular complexity index is 1160. The molecule has 1 saturated heterocycles. The number of hydrogen-bond acceptors (Lipinski definition) is 8. The summed E-state index contributed by atoms with van der Waals surface area (Å²) in [5.41, 5.74) is 15.4. The molecule has 172 valence electrons. The zero-order valence-corrected chi connectivity index (χ0v) is 18.5. The number of phenols is 1. The van der Waals surface area contributed by atoms with Crippen LogP contribution in [0, 0.1) is 6.92 Å². The van der Waals surface area contributed by atoms with Crippen molar-refractivity contribution in [1.29, 1.82) is 0 Å². The number of piperazine rings is 1. The van der Waals surface area contributed by atoms with E-state index >= 15 is 0 Å². The van der Waals surface area contributed by atoms with Gasteiger partial charge < -0.3 is 26.6 Å². The lowest BCUT2D eigenvalue weighted by atomic mass is 10.0. The van der Waals surface area contributed by atoms with Crippen LogP contribution >= 0.6 is 0 Å². The van der Waals surface area contributed by atoms with Gasteiger partial charge >= 0.3 is 0 Å². The number of hydrogen-bond donors (Lipinski definition) is 4. The van der Waals surface area contributed by atoms with Crippen LogP contribution in [-0.4, -0.2) is 70.3 Å². The van der Waals surface area contributed by atoms with E-state index in [1.807, 2.05) is 31.2 Å². The molecular weight excluding hydrogens is 420 g/mol. The van der Waals surface area contributed by atoms with E-state index in [-0.39, 0.29) is 23.7 Å². The van der Waals surface area contributed by atoms with Crippen LogP contribution in [0.5, 0.6) is 5.75 Å². The van der Waals surface area contributed by atoms with E-state index < -0.39 is 5.91 Å². The quantitative estimate of drug-likeness (QED) is 0.446. The largest absolute Gasteiger partial charge is 0.508 e. The zero-order valence-electron chi connectivity index (χ0n) is 18.5. The molecule has 33 heavy (non-hydrogen) atoms. The van der Waals surface area contributed by atoms with E-state index in [1.54, 1.807) is 18.2 Å². The minimum atomic E-state index is -0.743. The number of aliphatic hydroxyl groups excluding tert-OH is 1. The fraction of sp³-hybridized carbons (Fsp3) is 0.292. The molecular formula is C24H28N6O3. The first kappa shape index (κ1) is 22.5. The van der Waals surface area contributed by atoms with Gasteiger partial charge in [0.05, 0.1) is 18.0 Å². The first-order valence-electron chi connectivity index (χ1n) is 10.8. The Morgan fingerprint density at radius 1 is 1.06 bits per heavy atom. The van der Waals surface area contributed by atoms with E-state index in [9.17, 15) is 9.90 Å². The first-order chi connectivity index (χ1) is 15.9. The van der Waals surface area contributed by atoms with Crippen molar-refractivity contribution in [3.8, 4) is 28.4 Å². The van der Waals surface area contributed by atoms with Crippen LogP contribution in [-0.2, 0) is 0 Å². The van der Waals surface area contributed by atoms with Crippen molar-refractivity contribution in [3.05, 3.63) is 53.7 Å². The zero-order chi connectivity index (χ0) is 23.5. The topological polar surface area (TPSA) is 142 Å². The molecule has 0 atom stereocenters.